The Kier molecular flexibility index (Phi) is 4.52. The van der Waals surface area contributed by atoms with Crippen LogP contribution in [0.15, 0.2) is 24.4 Å². The van der Waals surface area contributed by atoms with Crippen LogP contribution in [0.2, 0.25) is 0 Å². The Balaban J connectivity index is 1.88. The lowest BCUT2D eigenvalue weighted by Gasteiger charge is -2.06. The largest absolute Gasteiger partial charge is 0.375 e. The van der Waals surface area contributed by atoms with Crippen molar-refractivity contribution in [2.24, 2.45) is 0 Å². The molecule has 0 bridgehead atoms. The lowest BCUT2D eigenvalue weighted by Crippen LogP contribution is -2.28. The average Bonchev–Trinajstić information content (AvgIpc) is 2.77. The minimum Gasteiger partial charge on any atom is -0.375 e. The van der Waals surface area contributed by atoms with Gasteiger partial charge >= 0.3 is 0 Å². The van der Waals surface area contributed by atoms with Gasteiger partial charge < -0.3 is 10.1 Å². The van der Waals surface area contributed by atoms with Crippen molar-refractivity contribution in [2.75, 3.05) is 20.3 Å². The summed E-state index contributed by atoms with van der Waals surface area (Å²) >= 11 is 0. The van der Waals surface area contributed by atoms with Gasteiger partial charge in [-0.15, -0.1) is 0 Å². The fourth-order valence-corrected chi connectivity index (χ4v) is 2.00. The van der Waals surface area contributed by atoms with Crippen LogP contribution in [0.3, 0.4) is 0 Å². The van der Waals surface area contributed by atoms with E-state index in [4.69, 9.17) is 4.74 Å². The summed E-state index contributed by atoms with van der Waals surface area (Å²) in [7, 11) is 1.51. The first kappa shape index (κ1) is 13.5. The van der Waals surface area contributed by atoms with Crippen LogP contribution in [0.25, 0.3) is 10.9 Å². The smallest absolute Gasteiger partial charge is 0.245 e. The van der Waals surface area contributed by atoms with Gasteiger partial charge in [0.25, 0.3) is 0 Å². The van der Waals surface area contributed by atoms with E-state index in [2.05, 4.69) is 35.5 Å². The second kappa shape index (κ2) is 6.33. The minimum absolute atomic E-state index is 0.0799. The van der Waals surface area contributed by atoms with E-state index < -0.39 is 0 Å². The standard InChI is InChI=1S/C14H19N3O2/c1-11-4-5-12-9-16-17(13(12)8-11)7-3-6-15-14(18)10-19-2/h4-5,8-9H,3,6-7,10H2,1-2H3,(H,15,18). The van der Waals surface area contributed by atoms with Crippen LogP contribution in [0.4, 0.5) is 0 Å². The molecule has 2 rings (SSSR count). The van der Waals surface area contributed by atoms with Gasteiger partial charge in [0.2, 0.25) is 5.91 Å². The Hall–Kier alpha value is -1.88. The lowest BCUT2D eigenvalue weighted by atomic mass is 10.2. The number of ether oxygens (including phenoxy) is 1. The highest BCUT2D eigenvalue weighted by Gasteiger charge is 2.03. The highest BCUT2D eigenvalue weighted by Crippen LogP contribution is 2.15. The molecule has 5 heteroatoms. The number of hydrogen-bond donors (Lipinski definition) is 1. The first-order valence-electron chi connectivity index (χ1n) is 6.38. The Morgan fingerprint density at radius 2 is 2.32 bits per heavy atom. The molecule has 2 aromatic rings. The van der Waals surface area contributed by atoms with Crippen LogP contribution in [-0.2, 0) is 16.1 Å². The molecule has 0 aliphatic carbocycles. The van der Waals surface area contributed by atoms with E-state index in [9.17, 15) is 4.79 Å². The van der Waals surface area contributed by atoms with Crippen LogP contribution in [0.5, 0.6) is 0 Å². The molecule has 0 spiro atoms. The van der Waals surface area contributed by atoms with Crippen molar-refractivity contribution in [1.29, 1.82) is 0 Å². The van der Waals surface area contributed by atoms with Crippen molar-refractivity contribution >= 4 is 16.8 Å². The predicted octanol–water partition coefficient (Wildman–Crippen LogP) is 1.50. The average molecular weight is 261 g/mol. The number of nitrogens with zero attached hydrogens (tertiary/aromatic N) is 2. The number of nitrogens with one attached hydrogen (secondary N) is 1. The van der Waals surface area contributed by atoms with E-state index in [0.29, 0.717) is 6.54 Å². The Bertz CT molecular complexity index is 563. The molecule has 1 heterocycles. The van der Waals surface area contributed by atoms with E-state index in [0.717, 1.165) is 23.9 Å². The first-order valence-corrected chi connectivity index (χ1v) is 6.38. The predicted molar refractivity (Wildman–Crippen MR) is 74.0 cm³/mol. The second-order valence-electron chi connectivity index (χ2n) is 4.57. The third kappa shape index (κ3) is 3.54. The monoisotopic (exact) mass is 261 g/mol. The molecule has 0 unspecified atom stereocenters. The van der Waals surface area contributed by atoms with E-state index >= 15 is 0 Å². The van der Waals surface area contributed by atoms with Crippen LogP contribution < -0.4 is 5.32 Å². The SMILES string of the molecule is COCC(=O)NCCCn1ncc2ccc(C)cc21. The number of amides is 1. The van der Waals surface area contributed by atoms with Gasteiger partial charge in [-0.1, -0.05) is 12.1 Å². The van der Waals surface area contributed by atoms with Crippen molar-refractivity contribution in [3.63, 3.8) is 0 Å². The normalized spacial score (nSPS) is 10.8. The van der Waals surface area contributed by atoms with Gasteiger partial charge in [0, 0.05) is 25.6 Å². The zero-order valence-electron chi connectivity index (χ0n) is 11.3. The van der Waals surface area contributed by atoms with E-state index in [-0.39, 0.29) is 12.5 Å². The lowest BCUT2D eigenvalue weighted by molar-refractivity contribution is -0.124. The van der Waals surface area contributed by atoms with E-state index in [1.807, 2.05) is 10.9 Å². The zero-order valence-corrected chi connectivity index (χ0v) is 11.3. The number of fused-ring (bicyclic) bond motifs is 1. The molecular formula is C14H19N3O2. The fraction of sp³-hybridized carbons (Fsp3) is 0.429. The quantitative estimate of drug-likeness (QED) is 0.802. The maximum atomic E-state index is 11.2. The number of carbonyl (C=O) groups excluding carboxylic acids is 1. The van der Waals surface area contributed by atoms with Gasteiger partial charge in [-0.3, -0.25) is 9.48 Å². The van der Waals surface area contributed by atoms with Crippen molar-refractivity contribution in [3.8, 4) is 0 Å². The number of hydrogen-bond acceptors (Lipinski definition) is 3. The Labute approximate surface area is 112 Å². The van der Waals surface area contributed by atoms with Gasteiger partial charge in [0.1, 0.15) is 6.61 Å². The van der Waals surface area contributed by atoms with Crippen LogP contribution in [0.1, 0.15) is 12.0 Å². The van der Waals surface area contributed by atoms with Gasteiger partial charge in [0.15, 0.2) is 0 Å². The third-order valence-corrected chi connectivity index (χ3v) is 2.94. The molecular weight excluding hydrogens is 242 g/mol. The summed E-state index contributed by atoms with van der Waals surface area (Å²) in [6, 6.07) is 6.29. The van der Waals surface area contributed by atoms with Crippen molar-refractivity contribution < 1.29 is 9.53 Å². The highest BCUT2D eigenvalue weighted by atomic mass is 16.5. The molecule has 0 aliphatic rings. The van der Waals surface area contributed by atoms with Crippen molar-refractivity contribution in [1.82, 2.24) is 15.1 Å². The van der Waals surface area contributed by atoms with E-state index in [1.54, 1.807) is 0 Å². The molecule has 5 nitrogen and oxygen atoms in total. The number of aromatic nitrogens is 2. The van der Waals surface area contributed by atoms with E-state index in [1.165, 1.54) is 12.7 Å². The summed E-state index contributed by atoms with van der Waals surface area (Å²) in [6.45, 7) is 3.61. The first-order chi connectivity index (χ1) is 9.20. The molecule has 0 saturated carbocycles. The Morgan fingerprint density at radius 1 is 1.47 bits per heavy atom. The van der Waals surface area contributed by atoms with Crippen molar-refractivity contribution in [3.05, 3.63) is 30.0 Å². The van der Waals surface area contributed by atoms with Crippen LogP contribution in [-0.4, -0.2) is 35.9 Å². The minimum atomic E-state index is -0.0799. The van der Waals surface area contributed by atoms with Crippen LogP contribution >= 0.6 is 0 Å². The second-order valence-corrected chi connectivity index (χ2v) is 4.57. The molecule has 102 valence electrons. The van der Waals surface area contributed by atoms with Gasteiger partial charge in [-0.25, -0.2) is 0 Å². The summed E-state index contributed by atoms with van der Waals surface area (Å²) in [5, 5.41) is 8.32. The summed E-state index contributed by atoms with van der Waals surface area (Å²) < 4.78 is 6.72. The highest BCUT2D eigenvalue weighted by molar-refractivity contribution is 5.79. The maximum absolute atomic E-state index is 11.2. The molecule has 0 aliphatic heterocycles. The molecule has 0 saturated heterocycles. The number of rotatable bonds is 6. The molecule has 1 N–H and O–H groups in total. The molecule has 1 aromatic heterocycles. The molecule has 19 heavy (non-hydrogen) atoms. The summed E-state index contributed by atoms with van der Waals surface area (Å²) in [4.78, 5) is 11.2. The number of benzene rings is 1. The fourth-order valence-electron chi connectivity index (χ4n) is 2.00. The third-order valence-electron chi connectivity index (χ3n) is 2.94. The number of carbonyl (C=O) groups is 1. The summed E-state index contributed by atoms with van der Waals surface area (Å²) in [5.41, 5.74) is 2.37. The Morgan fingerprint density at radius 3 is 3.11 bits per heavy atom. The molecule has 0 fully saturated rings. The van der Waals surface area contributed by atoms with Gasteiger partial charge in [-0.2, -0.15) is 5.10 Å². The number of methoxy groups -OCH3 is 1. The molecule has 1 aromatic carbocycles. The molecule has 0 radical (unpaired) electrons. The summed E-state index contributed by atoms with van der Waals surface area (Å²) in [6.07, 6.45) is 2.72. The summed E-state index contributed by atoms with van der Waals surface area (Å²) in [5.74, 6) is -0.0799. The molecule has 1 amide bonds. The zero-order chi connectivity index (χ0) is 13.7. The topological polar surface area (TPSA) is 56.1 Å². The van der Waals surface area contributed by atoms with Crippen LogP contribution in [0, 0.1) is 6.92 Å². The number of aryl methyl sites for hydroxylation is 2. The van der Waals surface area contributed by atoms with Gasteiger partial charge in [-0.05, 0) is 25.0 Å². The van der Waals surface area contributed by atoms with Gasteiger partial charge in [0.05, 0.1) is 11.7 Å². The maximum Gasteiger partial charge on any atom is 0.245 e. The molecule has 0 atom stereocenters. The van der Waals surface area contributed by atoms with Crippen molar-refractivity contribution in [2.45, 2.75) is 19.9 Å².